The molecule has 2 aromatic rings. The Morgan fingerprint density at radius 3 is 2.04 bits per heavy atom. The topological polar surface area (TPSA) is 91.8 Å². The molecule has 0 bridgehead atoms. The molecule has 0 spiro atoms. The maximum atomic E-state index is 15.1. The molecule has 2 saturated carbocycles. The molecule has 250 valence electrons. The Kier molecular flexibility index (Phi) is 7.80. The highest BCUT2D eigenvalue weighted by Gasteiger charge is 2.74. The first-order chi connectivity index (χ1) is 21.4. The van der Waals surface area contributed by atoms with E-state index in [0.717, 1.165) is 24.5 Å². The van der Waals surface area contributed by atoms with Crippen LogP contribution in [0, 0.1) is 11.8 Å². The molecule has 0 aromatic heterocycles. The summed E-state index contributed by atoms with van der Waals surface area (Å²) in [4.78, 5) is 26.7. The maximum Gasteiger partial charge on any atom is 0.435 e. The van der Waals surface area contributed by atoms with Crippen molar-refractivity contribution in [1.82, 2.24) is 4.90 Å². The van der Waals surface area contributed by atoms with Gasteiger partial charge in [0.1, 0.15) is 4.75 Å². The molecule has 0 radical (unpaired) electrons. The summed E-state index contributed by atoms with van der Waals surface area (Å²) in [6.45, 7) is -0.0384. The number of likely N-dealkylation sites (tertiary alicyclic amines) is 1. The number of carbonyl (C=O) groups excluding carboxylic acids is 1. The number of hydrogen-bond donors (Lipinski definition) is 1. The maximum absolute atomic E-state index is 15.1. The number of aliphatic carboxylic acids is 1. The van der Waals surface area contributed by atoms with E-state index in [1.165, 1.54) is 11.0 Å². The van der Waals surface area contributed by atoms with E-state index < -0.39 is 62.0 Å². The van der Waals surface area contributed by atoms with Crippen LogP contribution in [0.3, 0.4) is 0 Å². The highest BCUT2D eigenvalue weighted by Crippen LogP contribution is 2.57. The van der Waals surface area contributed by atoms with Crippen LogP contribution in [0.5, 0.6) is 0 Å². The second kappa shape index (κ2) is 10.9. The van der Waals surface area contributed by atoms with Crippen LogP contribution in [-0.4, -0.2) is 55.2 Å². The van der Waals surface area contributed by atoms with Gasteiger partial charge in [-0.25, -0.2) is 12.8 Å². The lowest BCUT2D eigenvalue weighted by atomic mass is 9.76. The van der Waals surface area contributed by atoms with E-state index in [4.69, 9.17) is 0 Å². The molecular formula is C32H32F7NO5S. The summed E-state index contributed by atoms with van der Waals surface area (Å²) in [6, 6.07) is 7.01. The van der Waals surface area contributed by atoms with Crippen molar-refractivity contribution < 1.29 is 53.8 Å². The number of sulfone groups is 1. The molecular weight excluding hydrogens is 643 g/mol. The smallest absolute Gasteiger partial charge is 0.435 e. The van der Waals surface area contributed by atoms with E-state index in [9.17, 15) is 49.5 Å². The minimum Gasteiger partial charge on any atom is -0.481 e. The predicted molar refractivity (Wildman–Crippen MR) is 150 cm³/mol. The molecule has 2 aromatic carbocycles. The Hall–Kier alpha value is -3.16. The van der Waals surface area contributed by atoms with Gasteiger partial charge in [-0.15, -0.1) is 0 Å². The van der Waals surface area contributed by atoms with Crippen LogP contribution < -0.4 is 0 Å². The van der Waals surface area contributed by atoms with E-state index in [1.54, 1.807) is 18.2 Å². The Morgan fingerprint density at radius 1 is 0.826 bits per heavy atom. The molecule has 6 rings (SSSR count). The minimum absolute atomic E-state index is 0.0384. The lowest BCUT2D eigenvalue weighted by Gasteiger charge is -2.44. The van der Waals surface area contributed by atoms with Crippen molar-refractivity contribution >= 4 is 21.7 Å². The van der Waals surface area contributed by atoms with Crippen molar-refractivity contribution in [3.63, 3.8) is 0 Å². The van der Waals surface area contributed by atoms with Crippen molar-refractivity contribution in [1.29, 1.82) is 0 Å². The minimum atomic E-state index is -6.33. The summed E-state index contributed by atoms with van der Waals surface area (Å²) < 4.78 is 125. The van der Waals surface area contributed by atoms with E-state index in [0.29, 0.717) is 12.1 Å². The first-order valence-electron chi connectivity index (χ1n) is 15.3. The zero-order chi connectivity index (χ0) is 33.4. The summed E-state index contributed by atoms with van der Waals surface area (Å²) >= 11 is 0. The fourth-order valence-electron chi connectivity index (χ4n) is 7.88. The second-order valence-corrected chi connectivity index (χ2v) is 15.2. The highest BCUT2D eigenvalue weighted by atomic mass is 32.2. The van der Waals surface area contributed by atoms with Gasteiger partial charge >= 0.3 is 24.0 Å². The van der Waals surface area contributed by atoms with Gasteiger partial charge in [0, 0.05) is 18.0 Å². The average Bonchev–Trinajstić information content (AvgIpc) is 3.78. The Bertz CT molecular complexity index is 1650. The van der Waals surface area contributed by atoms with Crippen molar-refractivity contribution in [3.8, 4) is 0 Å². The first-order valence-corrected chi connectivity index (χ1v) is 16.8. The van der Waals surface area contributed by atoms with Crippen molar-refractivity contribution in [2.45, 2.75) is 97.4 Å². The van der Waals surface area contributed by atoms with Crippen LogP contribution in [0.4, 0.5) is 30.7 Å². The zero-order valence-corrected chi connectivity index (χ0v) is 25.3. The number of hydrogen-bond acceptors (Lipinski definition) is 4. The van der Waals surface area contributed by atoms with Gasteiger partial charge < -0.3 is 10.0 Å². The normalized spacial score (nSPS) is 27.2. The third-order valence-corrected chi connectivity index (χ3v) is 13.0. The SMILES string of the molecule is O=C(O)C1CCC(C(=O)N2CCC3(S(=O)(=O)c4cccc(C5CC5)c4)c4ccc(C(F)(C(F)(F)F)C(F)(F)F)cc4CCC23)CC1. The standard InChI is InChI=1S/C32H32F7NO5S/c33-30(31(34,35)36,32(37,38)39)23-11-12-25-22(16-23)10-13-26-29(25,46(44,45)24-3-1-2-21(17-24)18-4-5-18)14-15-40(26)27(41)19-6-8-20(9-7-19)28(42)43/h1-3,11-12,16-20,26H,4-10,13-15H2,(H,42,43). The summed E-state index contributed by atoms with van der Waals surface area (Å²) in [5.74, 6) is -2.28. The zero-order valence-electron chi connectivity index (χ0n) is 24.5. The van der Waals surface area contributed by atoms with Crippen molar-refractivity contribution in [3.05, 3.63) is 64.7 Å². The lowest BCUT2D eigenvalue weighted by molar-refractivity contribution is -0.348. The summed E-state index contributed by atoms with van der Waals surface area (Å²) in [5.41, 5.74) is -6.76. The van der Waals surface area contributed by atoms with Gasteiger partial charge in [0.2, 0.25) is 5.91 Å². The summed E-state index contributed by atoms with van der Waals surface area (Å²) in [6.07, 6.45) is -10.2. The molecule has 3 fully saturated rings. The number of alkyl halides is 7. The van der Waals surface area contributed by atoms with E-state index in [1.807, 2.05) is 0 Å². The van der Waals surface area contributed by atoms with Crippen LogP contribution >= 0.6 is 0 Å². The number of benzene rings is 2. The number of carbonyl (C=O) groups is 2. The van der Waals surface area contributed by atoms with Gasteiger partial charge in [0.15, 0.2) is 9.84 Å². The number of amides is 1. The van der Waals surface area contributed by atoms with Crippen LogP contribution in [0.25, 0.3) is 0 Å². The molecule has 3 aliphatic carbocycles. The van der Waals surface area contributed by atoms with Crippen LogP contribution in [0.2, 0.25) is 0 Å². The van der Waals surface area contributed by atoms with Crippen molar-refractivity contribution in [2.75, 3.05) is 6.54 Å². The molecule has 6 nitrogen and oxygen atoms in total. The van der Waals surface area contributed by atoms with Gasteiger partial charge in [-0.05, 0) is 92.5 Å². The number of halogens is 7. The van der Waals surface area contributed by atoms with Gasteiger partial charge in [0.25, 0.3) is 0 Å². The molecule has 1 saturated heterocycles. The van der Waals surface area contributed by atoms with Crippen molar-refractivity contribution in [2.24, 2.45) is 11.8 Å². The molecule has 46 heavy (non-hydrogen) atoms. The molecule has 2 atom stereocenters. The fourth-order valence-corrected chi connectivity index (χ4v) is 10.3. The summed E-state index contributed by atoms with van der Waals surface area (Å²) in [7, 11) is -4.43. The number of aryl methyl sites for hydroxylation is 1. The average molecular weight is 676 g/mol. The van der Waals surface area contributed by atoms with Gasteiger partial charge in [-0.2, -0.15) is 26.3 Å². The molecule has 1 amide bonds. The van der Waals surface area contributed by atoms with Crippen LogP contribution in [-0.2, 0) is 36.3 Å². The van der Waals surface area contributed by atoms with Gasteiger partial charge in [-0.3, -0.25) is 9.59 Å². The third-order valence-electron chi connectivity index (χ3n) is 10.5. The van der Waals surface area contributed by atoms with Crippen LogP contribution in [0.15, 0.2) is 47.4 Å². The Labute approximate surface area is 260 Å². The number of fused-ring (bicyclic) bond motifs is 3. The fraction of sp³-hybridized carbons (Fsp3) is 0.562. The third kappa shape index (κ3) is 4.92. The Balaban J connectivity index is 1.46. The second-order valence-electron chi connectivity index (χ2n) is 13.0. The van der Waals surface area contributed by atoms with Gasteiger partial charge in [-0.1, -0.05) is 30.3 Å². The highest BCUT2D eigenvalue weighted by molar-refractivity contribution is 7.92. The number of nitrogens with zero attached hydrogens (tertiary/aromatic N) is 1. The molecule has 4 aliphatic rings. The van der Waals surface area contributed by atoms with E-state index in [-0.39, 0.29) is 79.3 Å². The number of carboxylic acid groups (broad SMARTS) is 1. The van der Waals surface area contributed by atoms with E-state index >= 15 is 4.39 Å². The Morgan fingerprint density at radius 2 is 1.46 bits per heavy atom. The monoisotopic (exact) mass is 675 g/mol. The quantitative estimate of drug-likeness (QED) is 0.335. The predicted octanol–water partition coefficient (Wildman–Crippen LogP) is 6.96. The molecule has 1 N–H and O–H groups in total. The molecule has 1 aliphatic heterocycles. The molecule has 2 unspecified atom stereocenters. The van der Waals surface area contributed by atoms with E-state index in [2.05, 4.69) is 0 Å². The largest absolute Gasteiger partial charge is 0.481 e. The van der Waals surface area contributed by atoms with Gasteiger partial charge in [0.05, 0.1) is 16.9 Å². The lowest BCUT2D eigenvalue weighted by Crippen LogP contribution is -2.53. The van der Waals surface area contributed by atoms with Crippen LogP contribution in [0.1, 0.15) is 79.5 Å². The molecule has 14 heteroatoms. The number of rotatable bonds is 6. The molecule has 1 heterocycles. The summed E-state index contributed by atoms with van der Waals surface area (Å²) in [5, 5.41) is 9.36. The first kappa shape index (κ1) is 32.8. The number of carboxylic acids is 1.